The lowest BCUT2D eigenvalue weighted by Gasteiger charge is -2.50. The van der Waals surface area contributed by atoms with E-state index in [-0.39, 0.29) is 11.3 Å². The molecule has 1 aromatic heterocycles. The highest BCUT2D eigenvalue weighted by Gasteiger charge is 2.64. The van der Waals surface area contributed by atoms with Crippen LogP contribution >= 0.6 is 0 Å². The van der Waals surface area contributed by atoms with Crippen LogP contribution in [0.5, 0.6) is 5.75 Å². The molecule has 2 aromatic rings. The Bertz CT molecular complexity index is 1380. The van der Waals surface area contributed by atoms with Gasteiger partial charge in [-0.05, 0) is 35.7 Å². The molecule has 5 atom stereocenters. The molecule has 0 saturated heterocycles. The van der Waals surface area contributed by atoms with Crippen molar-refractivity contribution in [2.75, 3.05) is 0 Å². The summed E-state index contributed by atoms with van der Waals surface area (Å²) in [6.07, 6.45) is -0.552. The number of phenolic OH excluding ortho intramolecular Hbond substituents is 1. The van der Waals surface area contributed by atoms with Crippen LogP contribution < -0.4 is 5.73 Å². The predicted molar refractivity (Wildman–Crippen MR) is 120 cm³/mol. The van der Waals surface area contributed by atoms with Crippen molar-refractivity contribution in [3.63, 3.8) is 0 Å². The van der Waals surface area contributed by atoms with Gasteiger partial charge in [0.1, 0.15) is 22.8 Å². The fourth-order valence-electron chi connectivity index (χ4n) is 5.82. The summed E-state index contributed by atoms with van der Waals surface area (Å²) in [5.41, 5.74) is 2.27. The quantitative estimate of drug-likeness (QED) is 0.344. The minimum atomic E-state index is -2.86. The third kappa shape index (κ3) is 2.84. The van der Waals surface area contributed by atoms with Gasteiger partial charge in [0.05, 0.1) is 17.4 Å². The van der Waals surface area contributed by atoms with E-state index in [0.717, 1.165) is 0 Å². The number of carbonyl (C=O) groups excluding carboxylic acids is 3. The smallest absolute Gasteiger partial charge is 0.255 e. The summed E-state index contributed by atoms with van der Waals surface area (Å²) in [5.74, 6) is -8.98. The van der Waals surface area contributed by atoms with Crippen molar-refractivity contribution in [1.29, 1.82) is 0 Å². The average molecular weight is 478 g/mol. The number of Topliss-reactive ketones (excluding diaryl/α,β-unsaturated/α-hetero) is 2. The zero-order valence-electron chi connectivity index (χ0n) is 18.5. The number of fused-ring (bicyclic) bond motifs is 3. The van der Waals surface area contributed by atoms with E-state index in [4.69, 9.17) is 5.73 Å². The van der Waals surface area contributed by atoms with Crippen molar-refractivity contribution in [1.82, 2.24) is 4.98 Å². The maximum Gasteiger partial charge on any atom is 0.255 e. The number of primary amides is 1. The second kappa shape index (κ2) is 7.49. The Hall–Kier alpha value is -4.02. The molecule has 0 fully saturated rings. The van der Waals surface area contributed by atoms with Gasteiger partial charge in [0.25, 0.3) is 5.91 Å². The van der Waals surface area contributed by atoms with Gasteiger partial charge in [-0.25, -0.2) is 0 Å². The van der Waals surface area contributed by atoms with E-state index >= 15 is 0 Å². The molecule has 10 nitrogen and oxygen atoms in total. The number of hydrogen-bond donors (Lipinski definition) is 6. The first-order valence-corrected chi connectivity index (χ1v) is 10.9. The molecule has 1 heterocycles. The number of aromatic hydroxyl groups is 1. The van der Waals surface area contributed by atoms with Crippen LogP contribution in [0.1, 0.15) is 35.2 Å². The van der Waals surface area contributed by atoms with Gasteiger partial charge in [-0.15, -0.1) is 0 Å². The second-order valence-electron chi connectivity index (χ2n) is 9.12. The average Bonchev–Trinajstić information content (AvgIpc) is 2.82. The van der Waals surface area contributed by atoms with E-state index < -0.39 is 76.0 Å². The number of aliphatic hydroxyl groups excluding tert-OH is 3. The third-order valence-electron chi connectivity index (χ3n) is 7.42. The number of nitrogens with zero attached hydrogens (tertiary/aromatic N) is 1. The van der Waals surface area contributed by atoms with Gasteiger partial charge in [0.15, 0.2) is 11.4 Å². The Labute approximate surface area is 198 Å². The van der Waals surface area contributed by atoms with E-state index in [1.54, 1.807) is 37.4 Å². The fraction of sp³-hybridized carbons (Fsp3) is 0.280. The molecule has 1 amide bonds. The van der Waals surface area contributed by atoms with E-state index in [1.807, 2.05) is 0 Å². The number of ketones is 2. The number of benzene rings is 1. The van der Waals surface area contributed by atoms with E-state index in [2.05, 4.69) is 4.98 Å². The molecule has 0 unspecified atom stereocenters. The van der Waals surface area contributed by atoms with Crippen molar-refractivity contribution in [3.05, 3.63) is 70.3 Å². The highest BCUT2D eigenvalue weighted by atomic mass is 16.4. The number of amides is 1. The van der Waals surface area contributed by atoms with E-state index in [1.165, 1.54) is 6.07 Å². The van der Waals surface area contributed by atoms with Crippen LogP contribution in [0, 0.1) is 11.8 Å². The molecule has 7 N–H and O–H groups in total. The summed E-state index contributed by atoms with van der Waals surface area (Å²) in [6, 6.07) is 8.09. The van der Waals surface area contributed by atoms with Gasteiger partial charge < -0.3 is 31.3 Å². The summed E-state index contributed by atoms with van der Waals surface area (Å²) >= 11 is 0. The molecule has 0 bridgehead atoms. The predicted octanol–water partition coefficient (Wildman–Crippen LogP) is 1.17. The lowest BCUT2D eigenvalue weighted by Crippen LogP contribution is -2.62. The topological polar surface area (TPSA) is 191 Å². The van der Waals surface area contributed by atoms with E-state index in [0.29, 0.717) is 16.8 Å². The molecular formula is C25H22N2O8. The molecule has 0 aliphatic heterocycles. The molecule has 0 spiro atoms. The monoisotopic (exact) mass is 478 g/mol. The lowest BCUT2D eigenvalue weighted by atomic mass is 9.56. The van der Waals surface area contributed by atoms with Gasteiger partial charge in [0, 0.05) is 35.6 Å². The van der Waals surface area contributed by atoms with Gasteiger partial charge in [-0.2, -0.15) is 0 Å². The zero-order chi connectivity index (χ0) is 25.4. The summed E-state index contributed by atoms with van der Waals surface area (Å²) in [4.78, 5) is 42.8. The van der Waals surface area contributed by atoms with Crippen LogP contribution in [0.15, 0.2) is 59.2 Å². The summed E-state index contributed by atoms with van der Waals surface area (Å²) in [5, 5.41) is 54.7. The molecule has 3 aliphatic rings. The van der Waals surface area contributed by atoms with Gasteiger partial charge in [-0.1, -0.05) is 13.0 Å². The first kappa shape index (κ1) is 22.8. The number of pyridine rings is 1. The molecule has 0 radical (unpaired) electrons. The lowest BCUT2D eigenvalue weighted by molar-refractivity contribution is -0.154. The van der Waals surface area contributed by atoms with Gasteiger partial charge >= 0.3 is 0 Å². The number of aromatic nitrogens is 1. The van der Waals surface area contributed by atoms with Crippen molar-refractivity contribution in [2.45, 2.75) is 31.0 Å². The Morgan fingerprint density at radius 2 is 1.86 bits per heavy atom. The molecule has 180 valence electrons. The summed E-state index contributed by atoms with van der Waals surface area (Å²) in [6.45, 7) is 1.68. The van der Waals surface area contributed by atoms with Crippen molar-refractivity contribution in [2.24, 2.45) is 17.6 Å². The van der Waals surface area contributed by atoms with E-state index in [9.17, 15) is 39.9 Å². The van der Waals surface area contributed by atoms with Crippen molar-refractivity contribution >= 4 is 17.5 Å². The molecule has 0 saturated carbocycles. The van der Waals surface area contributed by atoms with Crippen LogP contribution in [0.4, 0.5) is 0 Å². The van der Waals surface area contributed by atoms with Crippen molar-refractivity contribution in [3.8, 4) is 17.0 Å². The van der Waals surface area contributed by atoms with Gasteiger partial charge in [0.2, 0.25) is 5.78 Å². The highest BCUT2D eigenvalue weighted by Crippen LogP contribution is 2.56. The molecule has 1 aromatic carbocycles. The number of phenols is 1. The first-order chi connectivity index (χ1) is 16.5. The van der Waals surface area contributed by atoms with Crippen molar-refractivity contribution < 1.29 is 39.9 Å². The van der Waals surface area contributed by atoms with Gasteiger partial charge in [-0.3, -0.25) is 19.4 Å². The Kier molecular flexibility index (Phi) is 4.87. The maximum atomic E-state index is 13.7. The largest absolute Gasteiger partial charge is 0.511 e. The number of carbonyl (C=O) groups is 3. The number of aliphatic hydroxyl groups is 4. The Balaban J connectivity index is 1.78. The first-order valence-electron chi connectivity index (χ1n) is 10.9. The number of allylic oxidation sites excluding steroid dienone is 1. The molecule has 10 heteroatoms. The maximum absolute atomic E-state index is 13.7. The summed E-state index contributed by atoms with van der Waals surface area (Å²) < 4.78 is 0. The molecule has 3 aliphatic carbocycles. The summed E-state index contributed by atoms with van der Waals surface area (Å²) in [7, 11) is 0. The van der Waals surface area contributed by atoms with Crippen LogP contribution in [-0.2, 0) is 9.59 Å². The fourth-order valence-corrected chi connectivity index (χ4v) is 5.82. The number of nitrogens with two attached hydrogens (primary N) is 1. The molecular weight excluding hydrogens is 456 g/mol. The third-order valence-corrected chi connectivity index (χ3v) is 7.42. The highest BCUT2D eigenvalue weighted by molar-refractivity contribution is 6.24. The Morgan fingerprint density at radius 3 is 2.49 bits per heavy atom. The van der Waals surface area contributed by atoms with Crippen LogP contribution in [0.25, 0.3) is 11.3 Å². The molecule has 5 rings (SSSR count). The standard InChI is InChI=1S/C25H22N2O8/c1-9-15-10(12-4-2-3-7-27-12)5-6-13(28)17(15)21(31)19-16(9)20(30)11-8-14(29)18(24(26)34)22(32)25(11,35)23(19)33/h2-7,9,11,16,20,28-30,33,35H,8H2,1H3,(H2,26,34)/t9-,11+,16+,20+,25+/m0/s1. The second-order valence-corrected chi connectivity index (χ2v) is 9.12. The van der Waals surface area contributed by atoms with Crippen LogP contribution in [-0.4, -0.2) is 59.7 Å². The number of rotatable bonds is 2. The zero-order valence-corrected chi connectivity index (χ0v) is 18.5. The minimum Gasteiger partial charge on any atom is -0.511 e. The molecule has 35 heavy (non-hydrogen) atoms. The van der Waals surface area contributed by atoms with Crippen LogP contribution in [0.2, 0.25) is 0 Å². The normalized spacial score (nSPS) is 30.0. The van der Waals surface area contributed by atoms with Crippen LogP contribution in [0.3, 0.4) is 0 Å². The number of hydrogen-bond acceptors (Lipinski definition) is 9. The Morgan fingerprint density at radius 1 is 1.14 bits per heavy atom. The SMILES string of the molecule is C[C@H]1c2c(-c3ccccn3)ccc(O)c2C(=O)C2=C(O)[C@]3(O)C(=O)C(C(N)=O)=C(O)C[C@@H]3[C@@H](O)[C@@H]21. The minimum absolute atomic E-state index is 0.149.